The molecule has 0 aliphatic carbocycles. The minimum Gasteiger partial charge on any atom is -0.327 e. The van der Waals surface area contributed by atoms with Crippen molar-refractivity contribution in [1.82, 2.24) is 9.55 Å². The summed E-state index contributed by atoms with van der Waals surface area (Å²) in [5.41, 5.74) is 3.93. The zero-order chi connectivity index (χ0) is 12.4. The molecule has 3 nitrogen and oxygen atoms in total. The van der Waals surface area contributed by atoms with Crippen molar-refractivity contribution >= 4 is 5.78 Å². The highest BCUT2D eigenvalue weighted by Gasteiger charge is 2.09. The highest BCUT2D eigenvalue weighted by molar-refractivity contribution is 5.95. The maximum Gasteiger partial charge on any atom is 0.182 e. The molecule has 2 aromatic rings. The first-order valence-electron chi connectivity index (χ1n) is 5.66. The van der Waals surface area contributed by atoms with Gasteiger partial charge in [0.2, 0.25) is 0 Å². The lowest BCUT2D eigenvalue weighted by molar-refractivity contribution is 0.0971. The summed E-state index contributed by atoms with van der Waals surface area (Å²) < 4.78 is 1.89. The van der Waals surface area contributed by atoms with Gasteiger partial charge in [0.1, 0.15) is 0 Å². The van der Waals surface area contributed by atoms with Crippen LogP contribution < -0.4 is 0 Å². The van der Waals surface area contributed by atoms with E-state index in [2.05, 4.69) is 4.98 Å². The molecule has 0 amide bonds. The van der Waals surface area contributed by atoms with E-state index in [4.69, 9.17) is 0 Å². The summed E-state index contributed by atoms with van der Waals surface area (Å²) in [5, 5.41) is 0. The van der Waals surface area contributed by atoms with Crippen LogP contribution in [0.25, 0.3) is 0 Å². The zero-order valence-corrected chi connectivity index (χ0v) is 10.4. The predicted molar refractivity (Wildman–Crippen MR) is 67.2 cm³/mol. The molecule has 0 radical (unpaired) electrons. The van der Waals surface area contributed by atoms with Crippen LogP contribution in [0.2, 0.25) is 0 Å². The summed E-state index contributed by atoms with van der Waals surface area (Å²) in [7, 11) is 0. The number of hydrogen-bond donors (Lipinski definition) is 0. The van der Waals surface area contributed by atoms with Crippen LogP contribution >= 0.6 is 0 Å². The molecule has 0 aliphatic heterocycles. The topological polar surface area (TPSA) is 34.9 Å². The molecule has 1 aromatic carbocycles. The Morgan fingerprint density at radius 2 is 1.82 bits per heavy atom. The molecule has 0 atom stereocenters. The molecule has 0 N–H and O–H groups in total. The Labute approximate surface area is 101 Å². The maximum absolute atomic E-state index is 12.0. The molecule has 3 heteroatoms. The number of carbonyl (C=O) groups excluding carboxylic acids is 1. The average molecular weight is 228 g/mol. The number of rotatable bonds is 3. The highest BCUT2D eigenvalue weighted by atomic mass is 16.1. The van der Waals surface area contributed by atoms with E-state index in [1.54, 1.807) is 6.33 Å². The molecule has 0 saturated carbocycles. The van der Waals surface area contributed by atoms with Crippen molar-refractivity contribution in [2.24, 2.45) is 0 Å². The fourth-order valence-electron chi connectivity index (χ4n) is 1.69. The molecule has 88 valence electrons. The van der Waals surface area contributed by atoms with Gasteiger partial charge in [-0.05, 0) is 20.8 Å². The number of ketones is 1. The number of carbonyl (C=O) groups is 1. The number of aryl methyl sites for hydroxylation is 2. The van der Waals surface area contributed by atoms with Crippen molar-refractivity contribution in [3.8, 4) is 0 Å². The van der Waals surface area contributed by atoms with E-state index in [9.17, 15) is 4.79 Å². The van der Waals surface area contributed by atoms with Gasteiger partial charge in [-0.2, -0.15) is 0 Å². The van der Waals surface area contributed by atoms with Gasteiger partial charge in [-0.1, -0.05) is 29.8 Å². The Bertz CT molecular complexity index is 538. The van der Waals surface area contributed by atoms with Crippen molar-refractivity contribution in [2.45, 2.75) is 27.3 Å². The van der Waals surface area contributed by atoms with Gasteiger partial charge in [0.25, 0.3) is 0 Å². The Balaban J connectivity index is 2.17. The lowest BCUT2D eigenvalue weighted by Crippen LogP contribution is -2.10. The monoisotopic (exact) mass is 228 g/mol. The van der Waals surface area contributed by atoms with Gasteiger partial charge in [0, 0.05) is 11.3 Å². The summed E-state index contributed by atoms with van der Waals surface area (Å²) in [5.74, 6) is 0.116. The molecular formula is C14H16N2O. The first-order valence-corrected chi connectivity index (χ1v) is 5.66. The highest BCUT2D eigenvalue weighted by Crippen LogP contribution is 2.08. The van der Waals surface area contributed by atoms with Crippen molar-refractivity contribution in [3.63, 3.8) is 0 Å². The van der Waals surface area contributed by atoms with Gasteiger partial charge in [-0.25, -0.2) is 4.98 Å². The van der Waals surface area contributed by atoms with Crippen molar-refractivity contribution < 1.29 is 4.79 Å². The van der Waals surface area contributed by atoms with Gasteiger partial charge in [0.15, 0.2) is 5.78 Å². The molecule has 0 spiro atoms. The van der Waals surface area contributed by atoms with Crippen LogP contribution in [-0.4, -0.2) is 15.3 Å². The lowest BCUT2D eigenvalue weighted by atomic mass is 10.1. The number of Topliss-reactive ketones (excluding diaryl/α,β-unsaturated/α-hetero) is 1. The number of nitrogens with zero attached hydrogens (tertiary/aromatic N) is 2. The first kappa shape index (κ1) is 11.6. The van der Waals surface area contributed by atoms with Gasteiger partial charge in [-0.15, -0.1) is 0 Å². The smallest absolute Gasteiger partial charge is 0.182 e. The normalized spacial score (nSPS) is 10.5. The number of imidazole rings is 1. The molecule has 0 unspecified atom stereocenters. The summed E-state index contributed by atoms with van der Waals surface area (Å²) in [4.78, 5) is 16.2. The second kappa shape index (κ2) is 4.53. The molecule has 1 aromatic heterocycles. The van der Waals surface area contributed by atoms with E-state index in [1.807, 2.05) is 49.6 Å². The first-order chi connectivity index (χ1) is 8.08. The molecule has 2 rings (SSSR count). The second-order valence-corrected chi connectivity index (χ2v) is 4.33. The minimum atomic E-state index is 0.116. The van der Waals surface area contributed by atoms with Crippen LogP contribution in [0.3, 0.4) is 0 Å². The van der Waals surface area contributed by atoms with Crippen molar-refractivity contribution in [3.05, 3.63) is 53.1 Å². The van der Waals surface area contributed by atoms with E-state index in [0.29, 0.717) is 6.54 Å². The van der Waals surface area contributed by atoms with Crippen molar-refractivity contribution in [1.29, 1.82) is 0 Å². The maximum atomic E-state index is 12.0. The van der Waals surface area contributed by atoms with E-state index in [1.165, 1.54) is 0 Å². The van der Waals surface area contributed by atoms with Crippen LogP contribution in [0, 0.1) is 20.8 Å². The van der Waals surface area contributed by atoms with Crippen LogP contribution in [0.5, 0.6) is 0 Å². The van der Waals surface area contributed by atoms with E-state index >= 15 is 0 Å². The summed E-state index contributed by atoms with van der Waals surface area (Å²) in [6.07, 6.45) is 1.72. The average Bonchev–Trinajstić information content (AvgIpc) is 2.62. The SMILES string of the molecule is Cc1ccc(C(=O)Cn2cnc(C)c2C)cc1. The fourth-order valence-corrected chi connectivity index (χ4v) is 1.69. The van der Waals surface area contributed by atoms with Crippen LogP contribution in [0.15, 0.2) is 30.6 Å². The molecule has 17 heavy (non-hydrogen) atoms. The van der Waals surface area contributed by atoms with Crippen LogP contribution in [0.1, 0.15) is 27.3 Å². The Morgan fingerprint density at radius 1 is 1.18 bits per heavy atom. The van der Waals surface area contributed by atoms with E-state index < -0.39 is 0 Å². The fraction of sp³-hybridized carbons (Fsp3) is 0.286. The predicted octanol–water partition coefficient (Wildman–Crippen LogP) is 2.69. The van der Waals surface area contributed by atoms with E-state index in [0.717, 1.165) is 22.5 Å². The number of hydrogen-bond acceptors (Lipinski definition) is 2. The second-order valence-electron chi connectivity index (χ2n) is 4.33. The van der Waals surface area contributed by atoms with Gasteiger partial charge in [-0.3, -0.25) is 4.79 Å². The third-order valence-corrected chi connectivity index (χ3v) is 3.03. The van der Waals surface area contributed by atoms with Crippen molar-refractivity contribution in [2.75, 3.05) is 0 Å². The molecule has 0 saturated heterocycles. The number of benzene rings is 1. The summed E-state index contributed by atoms with van der Waals surface area (Å²) in [6, 6.07) is 7.66. The minimum absolute atomic E-state index is 0.116. The Kier molecular flexibility index (Phi) is 3.09. The Morgan fingerprint density at radius 3 is 2.35 bits per heavy atom. The summed E-state index contributed by atoms with van der Waals surface area (Å²) in [6.45, 7) is 6.29. The summed E-state index contributed by atoms with van der Waals surface area (Å²) >= 11 is 0. The molecule has 0 aliphatic rings. The third kappa shape index (κ3) is 2.44. The lowest BCUT2D eigenvalue weighted by Gasteiger charge is -2.05. The van der Waals surface area contributed by atoms with Gasteiger partial charge >= 0.3 is 0 Å². The quantitative estimate of drug-likeness (QED) is 0.757. The van der Waals surface area contributed by atoms with Gasteiger partial charge in [0.05, 0.1) is 18.6 Å². The molecule has 1 heterocycles. The largest absolute Gasteiger partial charge is 0.327 e. The standard InChI is InChI=1S/C14H16N2O/c1-10-4-6-13(7-5-10)14(17)8-16-9-15-11(2)12(16)3/h4-7,9H,8H2,1-3H3. The van der Waals surface area contributed by atoms with Crippen LogP contribution in [-0.2, 0) is 6.54 Å². The van der Waals surface area contributed by atoms with E-state index in [-0.39, 0.29) is 5.78 Å². The van der Waals surface area contributed by atoms with Crippen LogP contribution in [0.4, 0.5) is 0 Å². The Hall–Kier alpha value is -1.90. The molecule has 0 bridgehead atoms. The number of aromatic nitrogens is 2. The third-order valence-electron chi connectivity index (χ3n) is 3.03. The molecule has 0 fully saturated rings. The zero-order valence-electron chi connectivity index (χ0n) is 10.4. The molecular weight excluding hydrogens is 212 g/mol. The van der Waals surface area contributed by atoms with Gasteiger partial charge < -0.3 is 4.57 Å².